The van der Waals surface area contributed by atoms with Gasteiger partial charge in [0.1, 0.15) is 11.9 Å². The van der Waals surface area contributed by atoms with Crippen LogP contribution in [0.1, 0.15) is 18.9 Å². The molecule has 1 fully saturated rings. The number of rotatable bonds is 3. The summed E-state index contributed by atoms with van der Waals surface area (Å²) in [4.78, 5) is 24.5. The maximum absolute atomic E-state index is 13.7. The molecule has 1 N–H and O–H groups in total. The smallest absolute Gasteiger partial charge is 0.252 e. The van der Waals surface area contributed by atoms with Gasteiger partial charge in [0.05, 0.1) is 23.7 Å². The third-order valence-corrected chi connectivity index (χ3v) is 2.99. The van der Waals surface area contributed by atoms with E-state index in [-0.39, 0.29) is 29.5 Å². The second kappa shape index (κ2) is 5.06. The van der Waals surface area contributed by atoms with E-state index in [0.717, 1.165) is 11.0 Å². The van der Waals surface area contributed by atoms with E-state index in [1.807, 2.05) is 6.07 Å². The Morgan fingerprint density at radius 2 is 2.26 bits per heavy atom. The molecule has 0 aliphatic carbocycles. The van der Waals surface area contributed by atoms with Crippen LogP contribution in [0.15, 0.2) is 18.2 Å². The minimum atomic E-state index is -0.741. The molecule has 1 unspecified atom stereocenters. The molecule has 0 spiro atoms. The summed E-state index contributed by atoms with van der Waals surface area (Å²) in [7, 11) is 0. The Hall–Kier alpha value is -2.42. The van der Waals surface area contributed by atoms with Crippen molar-refractivity contribution in [2.75, 3.05) is 11.9 Å². The molecular formula is C13H12FN3O2. The molecule has 1 aliphatic rings. The lowest BCUT2D eigenvalue weighted by Gasteiger charge is -2.14. The Bertz CT molecular complexity index is 580. The van der Waals surface area contributed by atoms with E-state index in [4.69, 9.17) is 5.26 Å². The maximum Gasteiger partial charge on any atom is 0.252 e. The topological polar surface area (TPSA) is 73.2 Å². The number of carbonyl (C=O) groups excluding carboxylic acids is 2. The summed E-state index contributed by atoms with van der Waals surface area (Å²) in [5.41, 5.74) is 0.315. The number of benzene rings is 1. The highest BCUT2D eigenvalue weighted by atomic mass is 19.1. The minimum Gasteiger partial charge on any atom is -0.371 e. The molecule has 1 aromatic rings. The predicted octanol–water partition coefficient (Wildman–Crippen LogP) is 1.26. The number of nitrogens with zero attached hydrogens (tertiary/aromatic N) is 2. The number of likely N-dealkylation sites (tertiary alicyclic amines) is 1. The van der Waals surface area contributed by atoms with Gasteiger partial charge in [-0.3, -0.25) is 14.5 Å². The fraction of sp³-hybridized carbons (Fsp3) is 0.308. The standard InChI is InChI=1S/C13H12FN3O2/c1-2-17-12(18)6-11(13(17)19)16-10-4-3-8(7-15)5-9(10)14/h3-5,11,16H,2,6H2,1H3. The molecule has 0 radical (unpaired) electrons. The average Bonchev–Trinajstić information content (AvgIpc) is 2.66. The van der Waals surface area contributed by atoms with Gasteiger partial charge >= 0.3 is 0 Å². The van der Waals surface area contributed by atoms with E-state index in [1.54, 1.807) is 6.92 Å². The Labute approximate surface area is 109 Å². The van der Waals surface area contributed by atoms with Crippen molar-refractivity contribution in [3.63, 3.8) is 0 Å². The van der Waals surface area contributed by atoms with Gasteiger partial charge in [0.15, 0.2) is 0 Å². The summed E-state index contributed by atoms with van der Waals surface area (Å²) in [6, 6.07) is 5.01. The van der Waals surface area contributed by atoms with Gasteiger partial charge in [0.2, 0.25) is 5.91 Å². The fourth-order valence-corrected chi connectivity index (χ4v) is 2.02. The molecule has 0 bridgehead atoms. The van der Waals surface area contributed by atoms with Crippen LogP contribution in [0.3, 0.4) is 0 Å². The quantitative estimate of drug-likeness (QED) is 0.831. The van der Waals surface area contributed by atoms with E-state index < -0.39 is 11.9 Å². The maximum atomic E-state index is 13.7. The number of likely N-dealkylation sites (N-methyl/N-ethyl adjacent to an activating group) is 1. The van der Waals surface area contributed by atoms with Gasteiger partial charge in [0, 0.05) is 6.54 Å². The van der Waals surface area contributed by atoms with Crippen LogP contribution in [0.2, 0.25) is 0 Å². The van der Waals surface area contributed by atoms with Crippen LogP contribution in [-0.2, 0) is 9.59 Å². The number of hydrogen-bond acceptors (Lipinski definition) is 4. The second-order valence-electron chi connectivity index (χ2n) is 4.18. The first-order valence-corrected chi connectivity index (χ1v) is 5.87. The van der Waals surface area contributed by atoms with E-state index in [0.29, 0.717) is 6.54 Å². The number of imide groups is 1. The largest absolute Gasteiger partial charge is 0.371 e. The average molecular weight is 261 g/mol. The molecule has 2 amide bonds. The molecule has 5 nitrogen and oxygen atoms in total. The van der Waals surface area contributed by atoms with Crippen LogP contribution >= 0.6 is 0 Å². The fourth-order valence-electron chi connectivity index (χ4n) is 2.02. The van der Waals surface area contributed by atoms with Crippen molar-refractivity contribution in [3.05, 3.63) is 29.6 Å². The van der Waals surface area contributed by atoms with Crippen molar-refractivity contribution in [2.24, 2.45) is 0 Å². The van der Waals surface area contributed by atoms with Crippen molar-refractivity contribution in [1.29, 1.82) is 5.26 Å². The van der Waals surface area contributed by atoms with Crippen molar-refractivity contribution in [3.8, 4) is 6.07 Å². The highest BCUT2D eigenvalue weighted by molar-refractivity contribution is 6.06. The van der Waals surface area contributed by atoms with E-state index >= 15 is 0 Å². The monoisotopic (exact) mass is 261 g/mol. The van der Waals surface area contributed by atoms with Crippen LogP contribution in [0.25, 0.3) is 0 Å². The molecule has 2 rings (SSSR count). The van der Waals surface area contributed by atoms with E-state index in [9.17, 15) is 14.0 Å². The van der Waals surface area contributed by atoms with Crippen LogP contribution in [0, 0.1) is 17.1 Å². The number of anilines is 1. The summed E-state index contributed by atoms with van der Waals surface area (Å²) in [5.74, 6) is -1.23. The molecule has 1 aliphatic heterocycles. The first kappa shape index (κ1) is 13.0. The Morgan fingerprint density at radius 3 is 2.79 bits per heavy atom. The number of amides is 2. The van der Waals surface area contributed by atoms with E-state index in [1.165, 1.54) is 12.1 Å². The molecular weight excluding hydrogens is 249 g/mol. The molecule has 98 valence electrons. The SMILES string of the molecule is CCN1C(=O)CC(Nc2ccc(C#N)cc2F)C1=O. The van der Waals surface area contributed by atoms with Gasteiger partial charge in [-0.15, -0.1) is 0 Å². The number of halogens is 1. The van der Waals surface area contributed by atoms with Crippen LogP contribution in [0.4, 0.5) is 10.1 Å². The lowest BCUT2D eigenvalue weighted by Crippen LogP contribution is -2.34. The van der Waals surface area contributed by atoms with Gasteiger partial charge in [0.25, 0.3) is 5.91 Å². The number of hydrogen-bond donors (Lipinski definition) is 1. The van der Waals surface area contributed by atoms with Crippen LogP contribution in [-0.4, -0.2) is 29.3 Å². The van der Waals surface area contributed by atoms with Gasteiger partial charge in [-0.05, 0) is 25.1 Å². The molecule has 0 aromatic heterocycles. The van der Waals surface area contributed by atoms with E-state index in [2.05, 4.69) is 5.32 Å². The number of carbonyl (C=O) groups is 2. The summed E-state index contributed by atoms with van der Waals surface area (Å²) in [5, 5.41) is 11.3. The summed E-state index contributed by atoms with van der Waals surface area (Å²) in [6.07, 6.45) is 0.0200. The normalized spacial score (nSPS) is 18.6. The predicted molar refractivity (Wildman–Crippen MR) is 65.5 cm³/mol. The minimum absolute atomic E-state index is 0.0200. The third kappa shape index (κ3) is 2.40. The lowest BCUT2D eigenvalue weighted by molar-refractivity contribution is -0.138. The van der Waals surface area contributed by atoms with Crippen molar-refractivity contribution >= 4 is 17.5 Å². The zero-order valence-electron chi connectivity index (χ0n) is 10.3. The Morgan fingerprint density at radius 1 is 1.53 bits per heavy atom. The zero-order chi connectivity index (χ0) is 14.0. The molecule has 0 saturated carbocycles. The van der Waals surface area contributed by atoms with Gasteiger partial charge < -0.3 is 5.32 Å². The van der Waals surface area contributed by atoms with Crippen LogP contribution in [0.5, 0.6) is 0 Å². The van der Waals surface area contributed by atoms with Gasteiger partial charge in [-0.2, -0.15) is 5.26 Å². The summed E-state index contributed by atoms with van der Waals surface area (Å²) >= 11 is 0. The van der Waals surface area contributed by atoms with Gasteiger partial charge in [-0.25, -0.2) is 4.39 Å². The summed E-state index contributed by atoms with van der Waals surface area (Å²) < 4.78 is 13.7. The van der Waals surface area contributed by atoms with Crippen molar-refractivity contribution in [2.45, 2.75) is 19.4 Å². The molecule has 19 heavy (non-hydrogen) atoms. The van der Waals surface area contributed by atoms with Crippen molar-refractivity contribution in [1.82, 2.24) is 4.90 Å². The van der Waals surface area contributed by atoms with Crippen LogP contribution < -0.4 is 5.32 Å². The highest BCUT2D eigenvalue weighted by Crippen LogP contribution is 2.21. The third-order valence-electron chi connectivity index (χ3n) is 2.99. The summed E-state index contributed by atoms with van der Waals surface area (Å²) in [6.45, 7) is 2.02. The first-order chi connectivity index (χ1) is 9.06. The molecule has 1 atom stereocenters. The molecule has 1 saturated heterocycles. The number of nitrogens with one attached hydrogen (secondary N) is 1. The zero-order valence-corrected chi connectivity index (χ0v) is 10.3. The highest BCUT2D eigenvalue weighted by Gasteiger charge is 2.37. The Balaban J connectivity index is 2.17. The second-order valence-corrected chi connectivity index (χ2v) is 4.18. The lowest BCUT2D eigenvalue weighted by atomic mass is 10.2. The Kier molecular flexibility index (Phi) is 3.47. The molecule has 1 aromatic carbocycles. The first-order valence-electron chi connectivity index (χ1n) is 5.87. The molecule has 1 heterocycles. The van der Waals surface area contributed by atoms with Crippen molar-refractivity contribution < 1.29 is 14.0 Å². The molecule has 6 heteroatoms. The number of nitriles is 1. The van der Waals surface area contributed by atoms with Gasteiger partial charge in [-0.1, -0.05) is 0 Å².